The van der Waals surface area contributed by atoms with Gasteiger partial charge in [0.15, 0.2) is 5.15 Å². The van der Waals surface area contributed by atoms with Gasteiger partial charge < -0.3 is 15.0 Å². The molecule has 5 rings (SSSR count). The van der Waals surface area contributed by atoms with Crippen molar-refractivity contribution >= 4 is 34.3 Å². The summed E-state index contributed by atoms with van der Waals surface area (Å²) in [7, 11) is 0. The Labute approximate surface area is 178 Å². The zero-order valence-electron chi connectivity index (χ0n) is 16.8. The van der Waals surface area contributed by atoms with Crippen LogP contribution in [0.4, 0.5) is 16.0 Å². The molecule has 30 heavy (non-hydrogen) atoms. The average molecular weight is 434 g/mol. The number of anilines is 2. The summed E-state index contributed by atoms with van der Waals surface area (Å²) in [5, 5.41) is 8.63. The first kappa shape index (κ1) is 19.6. The largest absolute Gasteiger partial charge is 0.477 e. The van der Waals surface area contributed by atoms with Crippen molar-refractivity contribution in [3.05, 3.63) is 23.6 Å². The molecule has 1 saturated heterocycles. The van der Waals surface area contributed by atoms with E-state index in [1.165, 1.54) is 19.3 Å². The van der Waals surface area contributed by atoms with Gasteiger partial charge in [-0.3, -0.25) is 4.90 Å². The van der Waals surface area contributed by atoms with Crippen LogP contribution in [0.2, 0.25) is 5.15 Å². The molecule has 3 aromatic rings. The smallest absolute Gasteiger partial charge is 0.232 e. The lowest BCUT2D eigenvalue weighted by molar-refractivity contribution is 0.0302. The second kappa shape index (κ2) is 8.03. The number of H-pyrrole nitrogens is 1. The molecule has 1 saturated carbocycles. The molecule has 1 aliphatic carbocycles. The Bertz CT molecular complexity index is 1030. The molecule has 0 aromatic carbocycles. The Hall–Kier alpha value is -2.39. The van der Waals surface area contributed by atoms with Crippen molar-refractivity contribution in [1.29, 1.82) is 0 Å². The molecule has 1 aliphatic heterocycles. The SMILES string of the molecule is CCOc1nc(Nc2cnn([C@H]3CCN(C4CCC4)C[C@@H]3F)c2Cl)nc2[nH]ccc12. The number of nitrogens with one attached hydrogen (secondary N) is 2. The highest BCUT2D eigenvalue weighted by molar-refractivity contribution is 6.32. The number of nitrogens with zero attached hydrogens (tertiary/aromatic N) is 5. The Morgan fingerprint density at radius 1 is 1.33 bits per heavy atom. The predicted octanol–water partition coefficient (Wildman–Crippen LogP) is 4.09. The van der Waals surface area contributed by atoms with Crippen LogP contribution in [0.5, 0.6) is 5.88 Å². The van der Waals surface area contributed by atoms with Gasteiger partial charge in [0.1, 0.15) is 11.8 Å². The predicted molar refractivity (Wildman–Crippen MR) is 113 cm³/mol. The van der Waals surface area contributed by atoms with E-state index in [1.54, 1.807) is 17.1 Å². The molecule has 2 fully saturated rings. The monoisotopic (exact) mass is 433 g/mol. The molecule has 160 valence electrons. The fourth-order valence-corrected chi connectivity index (χ4v) is 4.54. The number of fused-ring (bicyclic) bond motifs is 1. The van der Waals surface area contributed by atoms with Gasteiger partial charge in [-0.25, -0.2) is 9.07 Å². The van der Waals surface area contributed by atoms with Gasteiger partial charge in [0, 0.05) is 25.3 Å². The van der Waals surface area contributed by atoms with Gasteiger partial charge in [-0.1, -0.05) is 18.0 Å². The van der Waals surface area contributed by atoms with Crippen LogP contribution in [0, 0.1) is 0 Å². The zero-order valence-corrected chi connectivity index (χ0v) is 17.6. The molecular weight excluding hydrogens is 409 g/mol. The van der Waals surface area contributed by atoms with E-state index < -0.39 is 6.17 Å². The molecule has 0 bridgehead atoms. The minimum Gasteiger partial charge on any atom is -0.477 e. The van der Waals surface area contributed by atoms with Gasteiger partial charge in [0.25, 0.3) is 0 Å². The lowest BCUT2D eigenvalue weighted by atomic mass is 9.89. The third-order valence-corrected chi connectivity index (χ3v) is 6.46. The van der Waals surface area contributed by atoms with Crippen molar-refractivity contribution < 1.29 is 9.13 Å². The number of likely N-dealkylation sites (tertiary alicyclic amines) is 1. The molecule has 10 heteroatoms. The standard InChI is InChI=1S/C20H25ClFN7O/c1-2-30-19-13-6-8-23-18(13)26-20(27-19)25-15-10-24-29(17(15)21)16-7-9-28(11-14(16)22)12-4-3-5-12/h6,8,10,12,14,16H,2-5,7,9,11H2,1H3,(H2,23,25,26,27)/t14-,16-/m0/s1. The lowest BCUT2D eigenvalue weighted by Gasteiger charge is -2.43. The van der Waals surface area contributed by atoms with Gasteiger partial charge >= 0.3 is 0 Å². The van der Waals surface area contributed by atoms with Crippen LogP contribution >= 0.6 is 11.6 Å². The number of hydrogen-bond donors (Lipinski definition) is 2. The third-order valence-electron chi connectivity index (χ3n) is 6.09. The molecule has 8 nitrogen and oxygen atoms in total. The average Bonchev–Trinajstić information content (AvgIpc) is 3.29. The minimum absolute atomic E-state index is 0.339. The molecule has 3 aromatic heterocycles. The Kier molecular flexibility index (Phi) is 5.24. The Morgan fingerprint density at radius 2 is 2.20 bits per heavy atom. The maximum absolute atomic E-state index is 15.0. The van der Waals surface area contributed by atoms with Crippen molar-refractivity contribution in [1.82, 2.24) is 29.6 Å². The zero-order chi connectivity index (χ0) is 20.7. The van der Waals surface area contributed by atoms with Crippen molar-refractivity contribution in [2.45, 2.75) is 50.9 Å². The van der Waals surface area contributed by atoms with E-state index in [1.807, 2.05) is 13.0 Å². The van der Waals surface area contributed by atoms with Crippen LogP contribution in [0.25, 0.3) is 11.0 Å². The summed E-state index contributed by atoms with van der Waals surface area (Å²) in [5.74, 6) is 0.827. The number of hydrogen-bond acceptors (Lipinski definition) is 6. The van der Waals surface area contributed by atoms with Crippen molar-refractivity contribution in [2.75, 3.05) is 25.0 Å². The van der Waals surface area contributed by atoms with E-state index in [2.05, 4.69) is 30.3 Å². The molecule has 2 N–H and O–H groups in total. The Morgan fingerprint density at radius 3 is 2.93 bits per heavy atom. The Balaban J connectivity index is 1.34. The normalized spacial score (nSPS) is 22.9. The first-order valence-corrected chi connectivity index (χ1v) is 10.9. The van der Waals surface area contributed by atoms with E-state index in [0.29, 0.717) is 53.9 Å². The van der Waals surface area contributed by atoms with Crippen molar-refractivity contribution in [3.8, 4) is 5.88 Å². The number of aromatic nitrogens is 5. The van der Waals surface area contributed by atoms with Crippen LogP contribution < -0.4 is 10.1 Å². The molecule has 0 amide bonds. The van der Waals surface area contributed by atoms with Crippen LogP contribution in [0.3, 0.4) is 0 Å². The van der Waals surface area contributed by atoms with Crippen LogP contribution in [-0.4, -0.2) is 61.5 Å². The molecular formula is C20H25ClFN7O. The summed E-state index contributed by atoms with van der Waals surface area (Å²) in [6, 6.07) is 2.05. The van der Waals surface area contributed by atoms with Gasteiger partial charge in [-0.15, -0.1) is 0 Å². The highest BCUT2D eigenvalue weighted by atomic mass is 35.5. The minimum atomic E-state index is -0.999. The first-order valence-electron chi connectivity index (χ1n) is 10.5. The first-order chi connectivity index (χ1) is 14.6. The number of halogens is 2. The second-order valence-corrected chi connectivity index (χ2v) is 8.25. The number of aromatic amines is 1. The second-order valence-electron chi connectivity index (χ2n) is 7.90. The molecule has 2 aliphatic rings. The third kappa shape index (κ3) is 3.50. The number of ether oxygens (including phenoxy) is 1. The van der Waals surface area contributed by atoms with Gasteiger partial charge in [-0.05, 0) is 32.3 Å². The maximum atomic E-state index is 15.0. The van der Waals surface area contributed by atoms with Gasteiger partial charge in [-0.2, -0.15) is 15.1 Å². The molecule has 2 atom stereocenters. The summed E-state index contributed by atoms with van der Waals surface area (Å²) in [5.41, 5.74) is 1.20. The highest BCUT2D eigenvalue weighted by Gasteiger charge is 2.36. The van der Waals surface area contributed by atoms with E-state index in [0.717, 1.165) is 11.9 Å². The van der Waals surface area contributed by atoms with Crippen molar-refractivity contribution in [3.63, 3.8) is 0 Å². The number of alkyl halides is 1. The summed E-state index contributed by atoms with van der Waals surface area (Å²) < 4.78 is 22.2. The van der Waals surface area contributed by atoms with Gasteiger partial charge in [0.05, 0.1) is 29.9 Å². The summed E-state index contributed by atoms with van der Waals surface area (Å²) in [6.07, 6.45) is 6.69. The van der Waals surface area contributed by atoms with Crippen molar-refractivity contribution in [2.24, 2.45) is 0 Å². The van der Waals surface area contributed by atoms with E-state index >= 15 is 0 Å². The topological polar surface area (TPSA) is 83.9 Å². The van der Waals surface area contributed by atoms with Crippen LogP contribution in [0.15, 0.2) is 18.5 Å². The van der Waals surface area contributed by atoms with Crippen LogP contribution in [-0.2, 0) is 0 Å². The summed E-state index contributed by atoms with van der Waals surface area (Å²) >= 11 is 6.57. The molecule has 4 heterocycles. The summed E-state index contributed by atoms with van der Waals surface area (Å²) in [6.45, 7) is 3.71. The summed E-state index contributed by atoms with van der Waals surface area (Å²) in [4.78, 5) is 14.2. The fourth-order valence-electron chi connectivity index (χ4n) is 4.27. The molecule has 0 radical (unpaired) electrons. The highest BCUT2D eigenvalue weighted by Crippen LogP contribution is 2.35. The van der Waals surface area contributed by atoms with E-state index in [4.69, 9.17) is 16.3 Å². The number of piperidine rings is 1. The van der Waals surface area contributed by atoms with Crippen LogP contribution in [0.1, 0.15) is 38.6 Å². The van der Waals surface area contributed by atoms with E-state index in [-0.39, 0.29) is 6.04 Å². The molecule has 0 unspecified atom stereocenters. The number of rotatable bonds is 6. The molecule has 0 spiro atoms. The fraction of sp³-hybridized carbons (Fsp3) is 0.550. The quantitative estimate of drug-likeness (QED) is 0.609. The van der Waals surface area contributed by atoms with E-state index in [9.17, 15) is 4.39 Å². The van der Waals surface area contributed by atoms with Gasteiger partial charge in [0.2, 0.25) is 11.8 Å². The maximum Gasteiger partial charge on any atom is 0.232 e. The lowest BCUT2D eigenvalue weighted by Crippen LogP contribution is -2.49.